The fraction of sp³-hybridized carbons (Fsp3) is 0.889. The van der Waals surface area contributed by atoms with Gasteiger partial charge in [-0.3, -0.25) is 4.90 Å². The minimum atomic E-state index is 0.237. The van der Waals surface area contributed by atoms with Gasteiger partial charge >= 0.3 is 0 Å². The van der Waals surface area contributed by atoms with Crippen LogP contribution < -0.4 is 5.73 Å². The van der Waals surface area contributed by atoms with E-state index in [2.05, 4.69) is 18.7 Å². The van der Waals surface area contributed by atoms with Crippen molar-refractivity contribution in [3.05, 3.63) is 5.92 Å². The van der Waals surface area contributed by atoms with Gasteiger partial charge in [0, 0.05) is 25.2 Å². The second-order valence-corrected chi connectivity index (χ2v) is 3.97. The lowest BCUT2D eigenvalue weighted by atomic mass is 10.1. The van der Waals surface area contributed by atoms with E-state index in [0.29, 0.717) is 0 Å². The maximum atomic E-state index is 9.06. The fourth-order valence-corrected chi connectivity index (χ4v) is 1.81. The molecule has 0 aromatic carbocycles. The number of nitrogens with two attached hydrogens (primary N) is 1. The molecule has 0 bridgehead atoms. The predicted molar refractivity (Wildman–Crippen MR) is 49.6 cm³/mol. The predicted octanol–water partition coefficient (Wildman–Crippen LogP) is -0.00541. The molecule has 1 fully saturated rings. The molecular formula is C9H19N2O. The largest absolute Gasteiger partial charge is 0.395 e. The molecule has 1 saturated heterocycles. The van der Waals surface area contributed by atoms with Crippen molar-refractivity contribution in [1.29, 1.82) is 0 Å². The number of aliphatic hydroxyl groups is 1. The van der Waals surface area contributed by atoms with E-state index in [9.17, 15) is 0 Å². The number of rotatable bonds is 3. The Labute approximate surface area is 74.5 Å². The van der Waals surface area contributed by atoms with Crippen molar-refractivity contribution in [1.82, 2.24) is 4.90 Å². The van der Waals surface area contributed by atoms with E-state index in [1.165, 1.54) is 5.92 Å². The van der Waals surface area contributed by atoms with Crippen LogP contribution in [0.25, 0.3) is 0 Å². The Kier molecular flexibility index (Phi) is 3.50. The Bertz CT molecular complexity index is 138. The van der Waals surface area contributed by atoms with Crippen LogP contribution in [0.2, 0.25) is 0 Å². The molecule has 1 rings (SSSR count). The van der Waals surface area contributed by atoms with Crippen molar-refractivity contribution < 1.29 is 5.11 Å². The summed E-state index contributed by atoms with van der Waals surface area (Å²) in [7, 11) is 0. The summed E-state index contributed by atoms with van der Waals surface area (Å²) >= 11 is 0. The molecule has 0 aromatic rings. The summed E-state index contributed by atoms with van der Waals surface area (Å²) in [5.41, 5.74) is 5.80. The van der Waals surface area contributed by atoms with Crippen LogP contribution in [0.4, 0.5) is 0 Å². The van der Waals surface area contributed by atoms with Gasteiger partial charge in [-0.2, -0.15) is 0 Å². The minimum absolute atomic E-state index is 0.237. The first-order valence-electron chi connectivity index (χ1n) is 4.53. The highest BCUT2D eigenvalue weighted by Crippen LogP contribution is 2.17. The molecule has 1 aliphatic rings. The van der Waals surface area contributed by atoms with Gasteiger partial charge in [-0.05, 0) is 12.3 Å². The molecule has 2 atom stereocenters. The zero-order valence-electron chi connectivity index (χ0n) is 7.95. The van der Waals surface area contributed by atoms with Crippen LogP contribution in [0.3, 0.4) is 0 Å². The van der Waals surface area contributed by atoms with Gasteiger partial charge in [-0.1, -0.05) is 13.8 Å². The number of hydrogen-bond donors (Lipinski definition) is 2. The standard InChI is InChI=1S/C9H19N2O/c1-7(2)4-11-5-8(10)3-9(11)6-12/h8-9,12H,3-6,10H2,1-2H3/t8-,9+/m1/s1. The van der Waals surface area contributed by atoms with E-state index in [-0.39, 0.29) is 18.7 Å². The van der Waals surface area contributed by atoms with Gasteiger partial charge in [0.1, 0.15) is 0 Å². The van der Waals surface area contributed by atoms with E-state index in [1.807, 2.05) is 0 Å². The van der Waals surface area contributed by atoms with Gasteiger partial charge in [0.05, 0.1) is 6.61 Å². The quantitative estimate of drug-likeness (QED) is 0.628. The van der Waals surface area contributed by atoms with Crippen LogP contribution in [-0.2, 0) is 0 Å². The first-order chi connectivity index (χ1) is 5.63. The highest BCUT2D eigenvalue weighted by molar-refractivity contribution is 4.92. The van der Waals surface area contributed by atoms with Crippen molar-refractivity contribution in [2.75, 3.05) is 19.7 Å². The van der Waals surface area contributed by atoms with Crippen molar-refractivity contribution in [2.45, 2.75) is 32.4 Å². The summed E-state index contributed by atoms with van der Waals surface area (Å²) in [6.07, 6.45) is 0.934. The third-order valence-electron chi connectivity index (χ3n) is 2.29. The molecule has 1 aliphatic heterocycles. The summed E-state index contributed by atoms with van der Waals surface area (Å²) in [5.74, 6) is 1.38. The van der Waals surface area contributed by atoms with Crippen molar-refractivity contribution in [2.24, 2.45) is 5.73 Å². The van der Waals surface area contributed by atoms with E-state index in [1.54, 1.807) is 0 Å². The lowest BCUT2D eigenvalue weighted by Gasteiger charge is -2.23. The third kappa shape index (κ3) is 2.44. The molecular weight excluding hydrogens is 152 g/mol. The van der Waals surface area contributed by atoms with E-state index in [0.717, 1.165) is 19.5 Å². The van der Waals surface area contributed by atoms with Gasteiger partial charge in [0.15, 0.2) is 0 Å². The van der Waals surface area contributed by atoms with Crippen LogP contribution in [-0.4, -0.2) is 41.8 Å². The first-order valence-corrected chi connectivity index (χ1v) is 4.53. The maximum absolute atomic E-state index is 9.06. The van der Waals surface area contributed by atoms with Crippen LogP contribution in [0.5, 0.6) is 0 Å². The van der Waals surface area contributed by atoms with Crippen molar-refractivity contribution in [3.63, 3.8) is 0 Å². The molecule has 0 amide bonds. The number of likely N-dealkylation sites (tertiary alicyclic amines) is 1. The third-order valence-corrected chi connectivity index (χ3v) is 2.29. The van der Waals surface area contributed by atoms with Crippen LogP contribution in [0, 0.1) is 5.92 Å². The molecule has 0 saturated carbocycles. The van der Waals surface area contributed by atoms with Crippen LogP contribution in [0.1, 0.15) is 20.3 Å². The van der Waals surface area contributed by atoms with Crippen LogP contribution >= 0.6 is 0 Å². The Balaban J connectivity index is 2.40. The normalized spacial score (nSPS) is 31.8. The molecule has 1 heterocycles. The molecule has 71 valence electrons. The SMILES string of the molecule is C[C](C)CN1C[C@H](N)C[C@H]1CO. The second kappa shape index (κ2) is 4.21. The highest BCUT2D eigenvalue weighted by Gasteiger charge is 2.29. The fourth-order valence-electron chi connectivity index (χ4n) is 1.81. The monoisotopic (exact) mass is 171 g/mol. The molecule has 3 N–H and O–H groups in total. The lowest BCUT2D eigenvalue weighted by molar-refractivity contribution is 0.163. The topological polar surface area (TPSA) is 49.5 Å². The average Bonchev–Trinajstić information content (AvgIpc) is 2.29. The van der Waals surface area contributed by atoms with E-state index >= 15 is 0 Å². The van der Waals surface area contributed by atoms with Gasteiger partial charge < -0.3 is 10.8 Å². The molecule has 12 heavy (non-hydrogen) atoms. The average molecular weight is 171 g/mol. The Morgan fingerprint density at radius 1 is 1.58 bits per heavy atom. The molecule has 0 unspecified atom stereocenters. The molecule has 1 radical (unpaired) electrons. The summed E-state index contributed by atoms with van der Waals surface area (Å²) in [5, 5.41) is 9.06. The van der Waals surface area contributed by atoms with E-state index < -0.39 is 0 Å². The van der Waals surface area contributed by atoms with Gasteiger partial charge in [-0.15, -0.1) is 0 Å². The molecule has 0 aliphatic carbocycles. The maximum Gasteiger partial charge on any atom is 0.0587 e. The van der Waals surface area contributed by atoms with Gasteiger partial charge in [-0.25, -0.2) is 0 Å². The lowest BCUT2D eigenvalue weighted by Crippen LogP contribution is -2.35. The minimum Gasteiger partial charge on any atom is -0.395 e. The zero-order chi connectivity index (χ0) is 9.14. The van der Waals surface area contributed by atoms with Crippen molar-refractivity contribution >= 4 is 0 Å². The highest BCUT2D eigenvalue weighted by atomic mass is 16.3. The second-order valence-electron chi connectivity index (χ2n) is 3.97. The molecule has 3 nitrogen and oxygen atoms in total. The Morgan fingerprint density at radius 3 is 2.75 bits per heavy atom. The first kappa shape index (κ1) is 9.96. The Morgan fingerprint density at radius 2 is 2.25 bits per heavy atom. The molecule has 3 heteroatoms. The van der Waals surface area contributed by atoms with Gasteiger partial charge in [0.25, 0.3) is 0 Å². The van der Waals surface area contributed by atoms with E-state index in [4.69, 9.17) is 10.8 Å². The molecule has 0 aromatic heterocycles. The summed E-state index contributed by atoms with van der Waals surface area (Å²) in [6, 6.07) is 0.538. The summed E-state index contributed by atoms with van der Waals surface area (Å²) in [6.45, 7) is 6.35. The zero-order valence-corrected chi connectivity index (χ0v) is 7.95. The smallest absolute Gasteiger partial charge is 0.0587 e. The van der Waals surface area contributed by atoms with Crippen molar-refractivity contribution in [3.8, 4) is 0 Å². The van der Waals surface area contributed by atoms with Gasteiger partial charge in [0.2, 0.25) is 0 Å². The summed E-state index contributed by atoms with van der Waals surface area (Å²) < 4.78 is 0. The number of aliphatic hydroxyl groups excluding tert-OH is 1. The number of nitrogens with zero attached hydrogens (tertiary/aromatic N) is 1. The number of hydrogen-bond acceptors (Lipinski definition) is 3. The molecule has 0 spiro atoms. The Hall–Kier alpha value is -0.120. The summed E-state index contributed by atoms with van der Waals surface area (Å²) in [4.78, 5) is 2.26. The van der Waals surface area contributed by atoms with Crippen LogP contribution in [0.15, 0.2) is 0 Å².